The Kier molecular flexibility index (Phi) is 6.36. The lowest BCUT2D eigenvalue weighted by molar-refractivity contribution is 0.452. The van der Waals surface area contributed by atoms with Gasteiger partial charge in [-0.2, -0.15) is 22.5 Å². The summed E-state index contributed by atoms with van der Waals surface area (Å²) in [5, 5.41) is 7.69. The predicted molar refractivity (Wildman–Crippen MR) is 94.9 cm³/mol. The Labute approximate surface area is 148 Å². The molecule has 1 aromatic heterocycles. The quantitative estimate of drug-likeness (QED) is 0.789. The zero-order chi connectivity index (χ0) is 16.3. The van der Waals surface area contributed by atoms with E-state index >= 15 is 0 Å². The molecule has 3 rings (SSSR count). The molecule has 0 aliphatic carbocycles. The maximum absolute atomic E-state index is 12.3. The van der Waals surface area contributed by atoms with Gasteiger partial charge in [-0.15, -0.1) is 12.4 Å². The van der Waals surface area contributed by atoms with Crippen molar-refractivity contribution >= 4 is 22.6 Å². The molecule has 2 aromatic rings. The summed E-state index contributed by atoms with van der Waals surface area (Å²) in [6, 6.07) is 11.4. The number of hydrogen-bond donors (Lipinski definition) is 2. The van der Waals surface area contributed by atoms with Gasteiger partial charge in [0.15, 0.2) is 0 Å². The van der Waals surface area contributed by atoms with Crippen LogP contribution in [-0.2, 0) is 36.4 Å². The first-order valence-electron chi connectivity index (χ1n) is 7.56. The summed E-state index contributed by atoms with van der Waals surface area (Å²) in [5.41, 5.74) is 2.77. The van der Waals surface area contributed by atoms with Gasteiger partial charge in [-0.3, -0.25) is 4.68 Å². The molecular formula is C15H22ClN5O2S. The Morgan fingerprint density at radius 2 is 2.08 bits per heavy atom. The van der Waals surface area contributed by atoms with Gasteiger partial charge < -0.3 is 5.32 Å². The van der Waals surface area contributed by atoms with Gasteiger partial charge >= 0.3 is 0 Å². The molecule has 1 aliphatic heterocycles. The van der Waals surface area contributed by atoms with Gasteiger partial charge in [0, 0.05) is 26.7 Å². The van der Waals surface area contributed by atoms with Crippen molar-refractivity contribution in [1.29, 1.82) is 0 Å². The van der Waals surface area contributed by atoms with Gasteiger partial charge in [0.25, 0.3) is 10.2 Å². The van der Waals surface area contributed by atoms with E-state index in [1.54, 1.807) is 7.05 Å². The Hall–Kier alpha value is -1.45. The predicted octanol–water partition coefficient (Wildman–Crippen LogP) is 0.874. The molecule has 0 unspecified atom stereocenters. The van der Waals surface area contributed by atoms with Crippen molar-refractivity contribution in [1.82, 2.24) is 24.1 Å². The maximum atomic E-state index is 12.3. The summed E-state index contributed by atoms with van der Waals surface area (Å²) in [5.74, 6) is 0. The molecule has 2 N–H and O–H groups in total. The zero-order valence-corrected chi connectivity index (χ0v) is 15.1. The third-order valence-corrected chi connectivity index (χ3v) is 5.27. The Morgan fingerprint density at radius 3 is 2.79 bits per heavy atom. The smallest absolute Gasteiger partial charge is 0.279 e. The fourth-order valence-electron chi connectivity index (χ4n) is 2.54. The lowest BCUT2D eigenvalue weighted by atomic mass is 10.2. The molecule has 0 spiro atoms. The summed E-state index contributed by atoms with van der Waals surface area (Å²) in [4.78, 5) is 0. The Morgan fingerprint density at radius 1 is 1.33 bits per heavy atom. The molecule has 0 saturated carbocycles. The minimum absolute atomic E-state index is 0. The van der Waals surface area contributed by atoms with E-state index in [-0.39, 0.29) is 19.0 Å². The first kappa shape index (κ1) is 18.9. The Balaban J connectivity index is 0.00000208. The van der Waals surface area contributed by atoms with Crippen LogP contribution in [0.25, 0.3) is 0 Å². The summed E-state index contributed by atoms with van der Waals surface area (Å²) < 4.78 is 30.5. The molecule has 0 atom stereocenters. The van der Waals surface area contributed by atoms with Gasteiger partial charge in [-0.05, 0) is 11.6 Å². The highest BCUT2D eigenvalue weighted by molar-refractivity contribution is 7.87. The molecule has 0 bridgehead atoms. The van der Waals surface area contributed by atoms with Crippen molar-refractivity contribution in [3.8, 4) is 0 Å². The van der Waals surface area contributed by atoms with Crippen LogP contribution in [0, 0.1) is 0 Å². The van der Waals surface area contributed by atoms with Crippen LogP contribution in [-0.4, -0.2) is 36.1 Å². The first-order chi connectivity index (χ1) is 11.0. The molecule has 0 fully saturated rings. The van der Waals surface area contributed by atoms with Crippen LogP contribution in [0.15, 0.2) is 36.4 Å². The minimum Gasteiger partial charge on any atom is -0.309 e. The number of fused-ring (bicyclic) bond motifs is 1. The van der Waals surface area contributed by atoms with E-state index in [0.717, 1.165) is 36.6 Å². The summed E-state index contributed by atoms with van der Waals surface area (Å²) in [7, 11) is -1.97. The van der Waals surface area contributed by atoms with E-state index in [4.69, 9.17) is 0 Å². The molecule has 7 nitrogen and oxygen atoms in total. The third-order valence-electron chi connectivity index (χ3n) is 3.81. The van der Waals surface area contributed by atoms with E-state index in [2.05, 4.69) is 15.1 Å². The summed E-state index contributed by atoms with van der Waals surface area (Å²) in [6.07, 6.45) is 0. The number of aromatic nitrogens is 2. The van der Waals surface area contributed by atoms with Crippen molar-refractivity contribution in [3.05, 3.63) is 53.3 Å². The number of nitrogens with zero attached hydrogens (tertiary/aromatic N) is 3. The summed E-state index contributed by atoms with van der Waals surface area (Å²) >= 11 is 0. The highest BCUT2D eigenvalue weighted by atomic mass is 35.5. The van der Waals surface area contributed by atoms with Crippen LogP contribution in [0.1, 0.15) is 17.0 Å². The standard InChI is InChI=1S/C15H21N5O2S.ClH/c1-19(12-13-5-3-2-4-6-13)23(21,22)17-10-14-9-15-11-16-7-8-20(15)18-14;/h2-6,9,16-17H,7-8,10-12H2,1H3;1H. The molecule has 0 saturated heterocycles. The van der Waals surface area contributed by atoms with E-state index in [1.165, 1.54) is 4.31 Å². The van der Waals surface area contributed by atoms with E-state index in [9.17, 15) is 8.42 Å². The molecule has 1 aromatic carbocycles. The average Bonchev–Trinajstić information content (AvgIpc) is 2.97. The van der Waals surface area contributed by atoms with Crippen LogP contribution in [0.4, 0.5) is 0 Å². The van der Waals surface area contributed by atoms with Crippen LogP contribution < -0.4 is 10.0 Å². The van der Waals surface area contributed by atoms with Crippen LogP contribution in [0.2, 0.25) is 0 Å². The van der Waals surface area contributed by atoms with Crippen LogP contribution in [0.5, 0.6) is 0 Å². The second kappa shape index (κ2) is 8.09. The number of nitrogens with one attached hydrogen (secondary N) is 2. The van der Waals surface area contributed by atoms with Gasteiger partial charge in [0.2, 0.25) is 0 Å². The van der Waals surface area contributed by atoms with Gasteiger partial charge in [-0.1, -0.05) is 30.3 Å². The van der Waals surface area contributed by atoms with Crippen molar-refractivity contribution in [2.75, 3.05) is 13.6 Å². The molecule has 0 radical (unpaired) electrons. The van der Waals surface area contributed by atoms with Crippen molar-refractivity contribution in [2.24, 2.45) is 0 Å². The normalized spacial score (nSPS) is 14.2. The van der Waals surface area contributed by atoms with Crippen molar-refractivity contribution in [2.45, 2.75) is 26.2 Å². The lowest BCUT2D eigenvalue weighted by Crippen LogP contribution is -2.37. The number of benzene rings is 1. The molecular weight excluding hydrogens is 350 g/mol. The second-order valence-corrected chi connectivity index (χ2v) is 7.46. The molecule has 1 aliphatic rings. The number of hydrogen-bond acceptors (Lipinski definition) is 4. The lowest BCUT2D eigenvalue weighted by Gasteiger charge is -2.17. The molecule has 2 heterocycles. The van der Waals surface area contributed by atoms with Crippen LogP contribution in [0.3, 0.4) is 0 Å². The zero-order valence-electron chi connectivity index (χ0n) is 13.5. The second-order valence-electron chi connectivity index (χ2n) is 5.59. The third kappa shape index (κ3) is 4.55. The topological polar surface area (TPSA) is 79.3 Å². The highest BCUT2D eigenvalue weighted by Gasteiger charge is 2.19. The first-order valence-corrected chi connectivity index (χ1v) is 9.00. The van der Waals surface area contributed by atoms with Gasteiger partial charge in [0.1, 0.15) is 0 Å². The number of rotatable bonds is 6. The maximum Gasteiger partial charge on any atom is 0.279 e. The van der Waals surface area contributed by atoms with Crippen LogP contribution >= 0.6 is 12.4 Å². The minimum atomic E-state index is -3.54. The Bertz CT molecular complexity index is 740. The molecule has 132 valence electrons. The van der Waals surface area contributed by atoms with E-state index in [0.29, 0.717) is 6.54 Å². The molecule has 0 amide bonds. The number of halogens is 1. The largest absolute Gasteiger partial charge is 0.309 e. The van der Waals surface area contributed by atoms with Crippen molar-refractivity contribution < 1.29 is 8.42 Å². The average molecular weight is 372 g/mol. The van der Waals surface area contributed by atoms with Gasteiger partial charge in [-0.25, -0.2) is 0 Å². The summed E-state index contributed by atoms with van der Waals surface area (Å²) in [6.45, 7) is 3.00. The van der Waals surface area contributed by atoms with Gasteiger partial charge in [0.05, 0.1) is 24.5 Å². The fourth-order valence-corrected chi connectivity index (χ4v) is 3.41. The molecule has 24 heavy (non-hydrogen) atoms. The van der Waals surface area contributed by atoms with Crippen molar-refractivity contribution in [3.63, 3.8) is 0 Å². The molecule has 9 heteroatoms. The monoisotopic (exact) mass is 371 g/mol. The fraction of sp³-hybridized carbons (Fsp3) is 0.400. The highest BCUT2D eigenvalue weighted by Crippen LogP contribution is 2.09. The SMILES string of the molecule is CN(Cc1ccccc1)S(=O)(=O)NCc1cc2n(n1)CCNC2.Cl. The van der Waals surface area contributed by atoms with E-state index in [1.807, 2.05) is 41.1 Å². The van der Waals surface area contributed by atoms with E-state index < -0.39 is 10.2 Å².